The summed E-state index contributed by atoms with van der Waals surface area (Å²) in [4.78, 5) is 23.3. The number of carbonyl (C=O) groups is 2. The standard InChI is InChI=1S/C27H40FN5O3/c1-25-12-18-13-26(2,15-25)17-27(14-18,16-25)32-24(29)31-21-9-8-19(11-20(21)28)23(35)30-10-6-4-3-5-7-22(34)33-36/h8-9,11,18,36H,3-7,10,12-17H2,1-2H3,(H,30,35)(H,33,34)(H3,29,31,32)/t18?,25-,26+,27?. The van der Waals surface area contributed by atoms with Crippen molar-refractivity contribution in [3.05, 3.63) is 29.6 Å². The molecule has 0 radical (unpaired) electrons. The first-order valence-electron chi connectivity index (χ1n) is 13.2. The van der Waals surface area contributed by atoms with Gasteiger partial charge in [0.1, 0.15) is 5.82 Å². The third-order valence-electron chi connectivity index (χ3n) is 8.25. The van der Waals surface area contributed by atoms with Crippen molar-refractivity contribution in [2.24, 2.45) is 16.7 Å². The van der Waals surface area contributed by atoms with Crippen molar-refractivity contribution in [2.45, 2.75) is 90.0 Å². The molecule has 0 heterocycles. The van der Waals surface area contributed by atoms with E-state index in [0.29, 0.717) is 29.7 Å². The van der Waals surface area contributed by atoms with E-state index in [1.807, 2.05) is 0 Å². The number of nitrogens with one attached hydrogen (secondary N) is 5. The Morgan fingerprint density at radius 3 is 2.39 bits per heavy atom. The summed E-state index contributed by atoms with van der Waals surface area (Å²) in [5.41, 5.74) is 2.55. The van der Waals surface area contributed by atoms with Gasteiger partial charge in [-0.25, -0.2) is 9.87 Å². The third kappa shape index (κ3) is 6.17. The lowest BCUT2D eigenvalue weighted by Crippen LogP contribution is -2.65. The average molecular weight is 502 g/mol. The van der Waals surface area contributed by atoms with E-state index in [9.17, 15) is 14.0 Å². The molecule has 4 bridgehead atoms. The van der Waals surface area contributed by atoms with Crippen molar-refractivity contribution < 1.29 is 19.2 Å². The van der Waals surface area contributed by atoms with Gasteiger partial charge in [0.15, 0.2) is 5.96 Å². The van der Waals surface area contributed by atoms with Crippen molar-refractivity contribution in [3.63, 3.8) is 0 Å². The van der Waals surface area contributed by atoms with E-state index in [1.165, 1.54) is 31.4 Å². The Bertz CT molecular complexity index is 997. The quantitative estimate of drug-likeness (QED) is 0.0911. The van der Waals surface area contributed by atoms with Gasteiger partial charge in [-0.05, 0) is 86.3 Å². The molecule has 1 aromatic rings. The van der Waals surface area contributed by atoms with Gasteiger partial charge in [0.05, 0.1) is 5.69 Å². The summed E-state index contributed by atoms with van der Waals surface area (Å²) in [6.45, 7) is 5.22. The second-order valence-corrected chi connectivity index (χ2v) is 12.2. The zero-order valence-corrected chi connectivity index (χ0v) is 21.4. The number of hydrogen-bond acceptors (Lipinski definition) is 4. The minimum Gasteiger partial charge on any atom is -0.352 e. The molecule has 9 heteroatoms. The molecule has 2 amide bonds. The number of halogens is 1. The number of unbranched alkanes of at least 4 members (excludes halogenated alkanes) is 3. The van der Waals surface area contributed by atoms with Crippen LogP contribution in [-0.4, -0.2) is 35.1 Å². The number of amides is 2. The van der Waals surface area contributed by atoms with Crippen molar-refractivity contribution in [1.82, 2.24) is 16.1 Å². The second kappa shape index (κ2) is 10.4. The largest absolute Gasteiger partial charge is 0.352 e. The zero-order valence-electron chi connectivity index (χ0n) is 21.4. The first kappa shape index (κ1) is 26.4. The van der Waals surface area contributed by atoms with Crippen LogP contribution in [0.4, 0.5) is 10.1 Å². The minimum absolute atomic E-state index is 0.103. The molecule has 0 saturated heterocycles. The van der Waals surface area contributed by atoms with E-state index in [2.05, 4.69) is 29.8 Å². The molecule has 8 nitrogen and oxygen atoms in total. The molecule has 4 aliphatic carbocycles. The monoisotopic (exact) mass is 501 g/mol. The maximum atomic E-state index is 14.8. The number of hydrogen-bond donors (Lipinski definition) is 6. The lowest BCUT2D eigenvalue weighted by atomic mass is 9.43. The van der Waals surface area contributed by atoms with E-state index < -0.39 is 11.7 Å². The topological polar surface area (TPSA) is 126 Å². The molecule has 4 fully saturated rings. The molecule has 0 aliphatic heterocycles. The second-order valence-electron chi connectivity index (χ2n) is 12.2. The molecule has 0 aromatic heterocycles. The average Bonchev–Trinajstić information content (AvgIpc) is 2.76. The molecule has 198 valence electrons. The molecule has 36 heavy (non-hydrogen) atoms. The molecule has 1 aromatic carbocycles. The summed E-state index contributed by atoms with van der Waals surface area (Å²) in [7, 11) is 0. The lowest BCUT2D eigenvalue weighted by molar-refractivity contribution is -0.129. The Labute approximate surface area is 212 Å². The molecule has 5 rings (SSSR count). The Morgan fingerprint density at radius 2 is 1.75 bits per heavy atom. The highest BCUT2D eigenvalue weighted by Crippen LogP contribution is 2.66. The van der Waals surface area contributed by atoms with Crippen LogP contribution >= 0.6 is 0 Å². The molecule has 4 aliphatic rings. The van der Waals surface area contributed by atoms with E-state index in [-0.39, 0.29) is 35.1 Å². The number of hydroxylamine groups is 1. The Kier molecular flexibility index (Phi) is 7.59. The number of rotatable bonds is 10. The summed E-state index contributed by atoms with van der Waals surface area (Å²) >= 11 is 0. The lowest BCUT2D eigenvalue weighted by Gasteiger charge is -2.65. The van der Waals surface area contributed by atoms with E-state index in [0.717, 1.165) is 38.5 Å². The van der Waals surface area contributed by atoms with Gasteiger partial charge in [0.2, 0.25) is 5.91 Å². The SMILES string of the molecule is C[C@]12CC3CC(NC(=N)Nc4ccc(C(=O)NCCCCCCC(=O)NO)cc4F)(C1)C[C@@](C)(C3)C2. The molecule has 4 atom stereocenters. The van der Waals surface area contributed by atoms with Gasteiger partial charge in [-0.3, -0.25) is 20.2 Å². The van der Waals surface area contributed by atoms with Crippen LogP contribution in [-0.2, 0) is 4.79 Å². The molecular formula is C27H40FN5O3. The summed E-state index contributed by atoms with van der Waals surface area (Å²) in [5, 5.41) is 26.1. The van der Waals surface area contributed by atoms with Crippen LogP contribution < -0.4 is 21.4 Å². The van der Waals surface area contributed by atoms with Crippen LogP contribution in [0.5, 0.6) is 0 Å². The number of benzene rings is 1. The third-order valence-corrected chi connectivity index (χ3v) is 8.25. The van der Waals surface area contributed by atoms with Crippen molar-refractivity contribution in [3.8, 4) is 0 Å². The Hall–Kier alpha value is -2.68. The van der Waals surface area contributed by atoms with Gasteiger partial charge in [-0.2, -0.15) is 0 Å². The number of carbonyl (C=O) groups excluding carboxylic acids is 2. The zero-order chi connectivity index (χ0) is 26.0. The van der Waals surface area contributed by atoms with Gasteiger partial charge in [-0.1, -0.05) is 26.7 Å². The van der Waals surface area contributed by atoms with Gasteiger partial charge in [-0.15, -0.1) is 0 Å². The highest BCUT2D eigenvalue weighted by atomic mass is 19.1. The van der Waals surface area contributed by atoms with Gasteiger partial charge in [0.25, 0.3) is 5.91 Å². The van der Waals surface area contributed by atoms with Gasteiger partial charge < -0.3 is 16.0 Å². The van der Waals surface area contributed by atoms with Crippen LogP contribution in [0.1, 0.15) is 94.8 Å². The fourth-order valence-corrected chi connectivity index (χ4v) is 7.90. The highest BCUT2D eigenvalue weighted by Gasteiger charge is 2.60. The van der Waals surface area contributed by atoms with Gasteiger partial charge in [0, 0.05) is 24.1 Å². The summed E-state index contributed by atoms with van der Waals surface area (Å²) in [6.07, 6.45) is 10.3. The summed E-state index contributed by atoms with van der Waals surface area (Å²) in [6, 6.07) is 4.27. The maximum Gasteiger partial charge on any atom is 0.251 e. The first-order chi connectivity index (χ1) is 17.0. The Balaban J connectivity index is 1.24. The van der Waals surface area contributed by atoms with E-state index in [4.69, 9.17) is 10.6 Å². The van der Waals surface area contributed by atoms with Crippen LogP contribution in [0.3, 0.4) is 0 Å². The fourth-order valence-electron chi connectivity index (χ4n) is 7.90. The van der Waals surface area contributed by atoms with Crippen LogP contribution in [0.15, 0.2) is 18.2 Å². The highest BCUT2D eigenvalue weighted by molar-refractivity contribution is 5.96. The van der Waals surface area contributed by atoms with E-state index in [1.54, 1.807) is 11.5 Å². The van der Waals surface area contributed by atoms with Crippen molar-refractivity contribution >= 4 is 23.5 Å². The molecule has 6 N–H and O–H groups in total. The minimum atomic E-state index is -0.569. The van der Waals surface area contributed by atoms with Crippen molar-refractivity contribution in [1.29, 1.82) is 5.41 Å². The number of anilines is 1. The first-order valence-corrected chi connectivity index (χ1v) is 13.2. The smallest absolute Gasteiger partial charge is 0.251 e. The number of guanidine groups is 1. The van der Waals surface area contributed by atoms with Gasteiger partial charge >= 0.3 is 0 Å². The maximum absolute atomic E-state index is 14.8. The van der Waals surface area contributed by atoms with E-state index >= 15 is 0 Å². The molecule has 4 saturated carbocycles. The summed E-state index contributed by atoms with van der Waals surface area (Å²) in [5.74, 6) is -0.509. The van der Waals surface area contributed by atoms with Crippen LogP contribution in [0, 0.1) is 28.0 Å². The predicted molar refractivity (Wildman–Crippen MR) is 136 cm³/mol. The molecule has 0 spiro atoms. The van der Waals surface area contributed by atoms with Crippen LogP contribution in [0.25, 0.3) is 0 Å². The Morgan fingerprint density at radius 1 is 1.06 bits per heavy atom. The molecule has 2 unspecified atom stereocenters. The predicted octanol–water partition coefficient (Wildman–Crippen LogP) is 4.70. The normalized spacial score (nSPS) is 30.1. The summed E-state index contributed by atoms with van der Waals surface area (Å²) < 4.78 is 14.8. The fraction of sp³-hybridized carbons (Fsp3) is 0.667. The van der Waals surface area contributed by atoms with Crippen LogP contribution in [0.2, 0.25) is 0 Å². The van der Waals surface area contributed by atoms with Crippen molar-refractivity contribution in [2.75, 3.05) is 11.9 Å². The molecular weight excluding hydrogens is 461 g/mol.